The minimum Gasteiger partial charge on any atom is -0.481 e. The fourth-order valence-corrected chi connectivity index (χ4v) is 5.12. The van der Waals surface area contributed by atoms with Crippen molar-refractivity contribution in [2.75, 3.05) is 14.2 Å². The number of esters is 1. The molecule has 2 aromatic heterocycles. The number of rotatable bonds is 6. The van der Waals surface area contributed by atoms with E-state index in [1.807, 2.05) is 28.9 Å². The number of benzene rings is 2. The van der Waals surface area contributed by atoms with Crippen LogP contribution in [0, 0.1) is 5.92 Å². The number of nitrogens with zero attached hydrogens (tertiary/aromatic N) is 3. The van der Waals surface area contributed by atoms with Gasteiger partial charge in [0, 0.05) is 22.9 Å². The van der Waals surface area contributed by atoms with E-state index < -0.39 is 0 Å². The van der Waals surface area contributed by atoms with Crippen molar-refractivity contribution in [1.29, 1.82) is 0 Å². The van der Waals surface area contributed by atoms with Crippen molar-refractivity contribution in [3.8, 4) is 5.88 Å². The Labute approximate surface area is 213 Å². The molecule has 4 aromatic rings. The zero-order chi connectivity index (χ0) is 25.2. The Morgan fingerprint density at radius 1 is 1.08 bits per heavy atom. The van der Waals surface area contributed by atoms with Gasteiger partial charge in [-0.1, -0.05) is 17.7 Å². The average Bonchev–Trinajstić information content (AvgIpc) is 3.32. The van der Waals surface area contributed by atoms with E-state index in [0.29, 0.717) is 41.4 Å². The van der Waals surface area contributed by atoms with E-state index in [1.54, 1.807) is 25.4 Å². The van der Waals surface area contributed by atoms with Crippen LogP contribution in [0.1, 0.15) is 41.6 Å². The van der Waals surface area contributed by atoms with Crippen LogP contribution < -0.4 is 10.1 Å². The first-order valence-electron chi connectivity index (χ1n) is 11.9. The number of hydrogen-bond acceptors (Lipinski definition) is 6. The molecule has 0 radical (unpaired) electrons. The maximum Gasteiger partial charge on any atom is 0.308 e. The molecule has 1 amide bonds. The highest BCUT2D eigenvalue weighted by molar-refractivity contribution is 6.36. The molecule has 1 N–H and O–H groups in total. The standard InChI is InChI=1S/C27H27ClN4O4/c1-35-24-12-6-18-13-16(3-11-23(18)31-24)15-32-25-20(9-10-22(28)21(25)14-29-32)26(33)30-19-7-4-17(5-8-19)27(34)36-2/h3,6,9-14,17,19H,4-5,7-8,15H2,1-2H3,(H,30,33). The zero-order valence-electron chi connectivity index (χ0n) is 20.2. The topological polar surface area (TPSA) is 95.3 Å². The van der Waals surface area contributed by atoms with Gasteiger partial charge in [-0.3, -0.25) is 14.3 Å². The monoisotopic (exact) mass is 506 g/mol. The van der Waals surface area contributed by atoms with Crippen LogP contribution in [-0.4, -0.2) is 46.9 Å². The number of amides is 1. The predicted octanol–water partition coefficient (Wildman–Crippen LogP) is 4.76. The van der Waals surface area contributed by atoms with Gasteiger partial charge in [0.2, 0.25) is 5.88 Å². The van der Waals surface area contributed by atoms with E-state index in [4.69, 9.17) is 21.1 Å². The second-order valence-electron chi connectivity index (χ2n) is 9.09. The molecule has 36 heavy (non-hydrogen) atoms. The van der Waals surface area contributed by atoms with Gasteiger partial charge in [0.05, 0.1) is 54.5 Å². The summed E-state index contributed by atoms with van der Waals surface area (Å²) < 4.78 is 11.9. The Hall–Kier alpha value is -3.65. The van der Waals surface area contributed by atoms with Crippen LogP contribution in [0.2, 0.25) is 5.02 Å². The highest BCUT2D eigenvalue weighted by Gasteiger charge is 2.28. The van der Waals surface area contributed by atoms with Gasteiger partial charge in [0.15, 0.2) is 0 Å². The Balaban J connectivity index is 1.39. The van der Waals surface area contributed by atoms with E-state index in [-0.39, 0.29) is 23.8 Å². The highest BCUT2D eigenvalue weighted by atomic mass is 35.5. The Bertz CT molecular complexity index is 1440. The maximum atomic E-state index is 13.3. The molecule has 1 aliphatic carbocycles. The normalized spacial score (nSPS) is 17.8. The van der Waals surface area contributed by atoms with E-state index in [9.17, 15) is 9.59 Å². The largest absolute Gasteiger partial charge is 0.481 e. The molecule has 5 rings (SSSR count). The van der Waals surface area contributed by atoms with Gasteiger partial charge in [0.1, 0.15) is 0 Å². The third-order valence-corrected chi connectivity index (χ3v) is 7.19. The number of carbonyl (C=O) groups is 2. The molecule has 2 aromatic carbocycles. The molecule has 0 saturated heterocycles. The quantitative estimate of drug-likeness (QED) is 0.379. The fraction of sp³-hybridized carbons (Fsp3) is 0.333. The number of methoxy groups -OCH3 is 2. The Morgan fingerprint density at radius 2 is 1.89 bits per heavy atom. The number of aromatic nitrogens is 3. The number of fused-ring (bicyclic) bond motifs is 2. The van der Waals surface area contributed by atoms with Crippen molar-refractivity contribution in [3.63, 3.8) is 0 Å². The van der Waals surface area contributed by atoms with Crippen molar-refractivity contribution in [3.05, 3.63) is 64.8 Å². The molecule has 8 nitrogen and oxygen atoms in total. The van der Waals surface area contributed by atoms with E-state index >= 15 is 0 Å². The first kappa shape index (κ1) is 24.1. The van der Waals surface area contributed by atoms with Gasteiger partial charge in [-0.15, -0.1) is 0 Å². The van der Waals surface area contributed by atoms with Crippen LogP contribution >= 0.6 is 11.6 Å². The van der Waals surface area contributed by atoms with Crippen LogP contribution in [0.15, 0.2) is 48.7 Å². The van der Waals surface area contributed by atoms with Gasteiger partial charge >= 0.3 is 5.97 Å². The number of ether oxygens (including phenoxy) is 2. The molecular formula is C27H27ClN4O4. The highest BCUT2D eigenvalue weighted by Crippen LogP contribution is 2.29. The third kappa shape index (κ3) is 4.73. The summed E-state index contributed by atoms with van der Waals surface area (Å²) in [5.41, 5.74) is 3.07. The summed E-state index contributed by atoms with van der Waals surface area (Å²) in [6.07, 6.45) is 4.57. The summed E-state index contributed by atoms with van der Waals surface area (Å²) in [4.78, 5) is 29.6. The number of hydrogen-bond donors (Lipinski definition) is 1. The summed E-state index contributed by atoms with van der Waals surface area (Å²) in [5, 5.41) is 9.96. The molecule has 0 unspecified atom stereocenters. The smallest absolute Gasteiger partial charge is 0.308 e. The molecule has 1 fully saturated rings. The summed E-state index contributed by atoms with van der Waals surface area (Å²) in [6.45, 7) is 0.469. The fourth-order valence-electron chi connectivity index (χ4n) is 4.92. The van der Waals surface area contributed by atoms with Crippen LogP contribution in [0.25, 0.3) is 21.8 Å². The molecule has 1 saturated carbocycles. The zero-order valence-corrected chi connectivity index (χ0v) is 20.9. The van der Waals surface area contributed by atoms with E-state index in [2.05, 4.69) is 21.5 Å². The van der Waals surface area contributed by atoms with E-state index in [1.165, 1.54) is 7.11 Å². The first-order chi connectivity index (χ1) is 17.5. The summed E-state index contributed by atoms with van der Waals surface area (Å²) in [7, 11) is 3.01. The SMILES string of the molecule is COC(=O)C1CCC(NC(=O)c2ccc(Cl)c3cnn(Cc4ccc5nc(OC)ccc5c4)c23)CC1. The molecule has 186 valence electrons. The summed E-state index contributed by atoms with van der Waals surface area (Å²) in [6, 6.07) is 13.3. The second-order valence-corrected chi connectivity index (χ2v) is 9.49. The van der Waals surface area contributed by atoms with Gasteiger partial charge in [-0.2, -0.15) is 5.10 Å². The minimum atomic E-state index is -0.174. The molecule has 2 heterocycles. The van der Waals surface area contributed by atoms with Crippen LogP contribution in [0.3, 0.4) is 0 Å². The van der Waals surface area contributed by atoms with Crippen LogP contribution in [0.4, 0.5) is 0 Å². The lowest BCUT2D eigenvalue weighted by atomic mass is 9.86. The molecule has 0 atom stereocenters. The van der Waals surface area contributed by atoms with Gasteiger partial charge in [-0.05, 0) is 61.6 Å². The minimum absolute atomic E-state index is 0.00508. The number of halogens is 1. The van der Waals surface area contributed by atoms with Crippen LogP contribution in [0.5, 0.6) is 5.88 Å². The number of pyridine rings is 1. The molecule has 0 spiro atoms. The van der Waals surface area contributed by atoms with Crippen molar-refractivity contribution in [2.45, 2.75) is 38.3 Å². The van der Waals surface area contributed by atoms with Gasteiger partial charge < -0.3 is 14.8 Å². The molecule has 9 heteroatoms. The number of nitrogens with one attached hydrogen (secondary N) is 1. The molecule has 0 aliphatic heterocycles. The lowest BCUT2D eigenvalue weighted by Crippen LogP contribution is -2.39. The predicted molar refractivity (Wildman–Crippen MR) is 137 cm³/mol. The molecule has 0 bridgehead atoms. The van der Waals surface area contributed by atoms with Crippen LogP contribution in [-0.2, 0) is 16.1 Å². The van der Waals surface area contributed by atoms with Gasteiger partial charge in [0.25, 0.3) is 5.91 Å². The Morgan fingerprint density at radius 3 is 2.64 bits per heavy atom. The summed E-state index contributed by atoms with van der Waals surface area (Å²) >= 11 is 6.46. The lowest BCUT2D eigenvalue weighted by Gasteiger charge is -2.27. The molecular weight excluding hydrogens is 480 g/mol. The van der Waals surface area contributed by atoms with Crippen molar-refractivity contribution in [2.24, 2.45) is 5.92 Å². The van der Waals surface area contributed by atoms with Crippen molar-refractivity contribution < 1.29 is 19.1 Å². The van der Waals surface area contributed by atoms with Crippen molar-refractivity contribution in [1.82, 2.24) is 20.1 Å². The first-order valence-corrected chi connectivity index (χ1v) is 12.3. The number of carbonyl (C=O) groups excluding carboxylic acids is 2. The Kier molecular flexibility index (Phi) is 6.78. The third-order valence-electron chi connectivity index (χ3n) is 6.86. The maximum absolute atomic E-state index is 13.3. The summed E-state index contributed by atoms with van der Waals surface area (Å²) in [5.74, 6) is 0.129. The molecule has 1 aliphatic rings. The van der Waals surface area contributed by atoms with Gasteiger partial charge in [-0.25, -0.2) is 4.98 Å². The van der Waals surface area contributed by atoms with E-state index in [0.717, 1.165) is 34.7 Å². The average molecular weight is 507 g/mol. The van der Waals surface area contributed by atoms with Crippen molar-refractivity contribution >= 4 is 45.3 Å². The lowest BCUT2D eigenvalue weighted by molar-refractivity contribution is -0.146. The second kappa shape index (κ2) is 10.1.